The van der Waals surface area contributed by atoms with Gasteiger partial charge in [0.1, 0.15) is 17.5 Å². The molecule has 0 bridgehead atoms. The summed E-state index contributed by atoms with van der Waals surface area (Å²) in [6.45, 7) is 3.32. The third kappa shape index (κ3) is 4.52. The topological polar surface area (TPSA) is 100 Å². The molecule has 3 N–H and O–H groups in total. The minimum absolute atomic E-state index is 0.0730. The molecule has 0 unspecified atom stereocenters. The van der Waals surface area contributed by atoms with Gasteiger partial charge in [0, 0.05) is 11.1 Å². The summed E-state index contributed by atoms with van der Waals surface area (Å²) in [7, 11) is 1.45. The first-order chi connectivity index (χ1) is 16.1. The summed E-state index contributed by atoms with van der Waals surface area (Å²) in [5.41, 5.74) is -1.08. The molecule has 4 rings (SSSR count). The summed E-state index contributed by atoms with van der Waals surface area (Å²) >= 11 is 0. The van der Waals surface area contributed by atoms with Crippen LogP contribution in [0.3, 0.4) is 0 Å². The second-order valence-electron chi connectivity index (χ2n) is 8.72. The predicted octanol–water partition coefficient (Wildman–Crippen LogP) is 4.71. The molecule has 7 nitrogen and oxygen atoms in total. The molecule has 1 atom stereocenters. The zero-order valence-corrected chi connectivity index (χ0v) is 19.1. The van der Waals surface area contributed by atoms with Crippen LogP contribution >= 0.6 is 0 Å². The smallest absolute Gasteiger partial charge is 0.266 e. The number of hydrogen-bond donors (Lipinski definition) is 3. The number of anilines is 1. The highest BCUT2D eigenvalue weighted by molar-refractivity contribution is 5.88. The Morgan fingerprint density at radius 3 is 2.47 bits per heavy atom. The molecule has 1 saturated carbocycles. The molecular weight excluding hydrogens is 449 g/mol. The fourth-order valence-electron chi connectivity index (χ4n) is 4.45. The molecular formula is C24H27F3N4O3. The van der Waals surface area contributed by atoms with E-state index in [4.69, 9.17) is 4.74 Å². The van der Waals surface area contributed by atoms with E-state index in [1.54, 1.807) is 19.9 Å². The van der Waals surface area contributed by atoms with E-state index in [9.17, 15) is 23.4 Å². The maximum atomic E-state index is 14.7. The number of hydrogen-bond acceptors (Lipinski definition) is 7. The maximum Gasteiger partial charge on any atom is 0.266 e. The van der Waals surface area contributed by atoms with Crippen LogP contribution in [0, 0.1) is 12.7 Å². The van der Waals surface area contributed by atoms with Gasteiger partial charge in [-0.3, -0.25) is 0 Å². The van der Waals surface area contributed by atoms with E-state index in [-0.39, 0.29) is 11.4 Å². The van der Waals surface area contributed by atoms with Gasteiger partial charge in [-0.1, -0.05) is 18.2 Å². The van der Waals surface area contributed by atoms with Gasteiger partial charge in [-0.05, 0) is 45.6 Å². The Morgan fingerprint density at radius 1 is 1.15 bits per heavy atom. The molecule has 0 spiro atoms. The number of aromatic nitrogens is 3. The van der Waals surface area contributed by atoms with Crippen LogP contribution in [0.25, 0.3) is 11.0 Å². The molecule has 10 heteroatoms. The highest BCUT2D eigenvalue weighted by Crippen LogP contribution is 2.42. The summed E-state index contributed by atoms with van der Waals surface area (Å²) in [6.07, 6.45) is -1.87. The number of benzene rings is 1. The van der Waals surface area contributed by atoms with Gasteiger partial charge in [0.2, 0.25) is 5.88 Å². The van der Waals surface area contributed by atoms with Crippen LogP contribution in [-0.2, 0) is 5.60 Å². The Kier molecular flexibility index (Phi) is 6.64. The first-order valence-electron chi connectivity index (χ1n) is 11.1. The lowest BCUT2D eigenvalue weighted by Crippen LogP contribution is -2.34. The number of rotatable bonds is 6. The van der Waals surface area contributed by atoms with Crippen LogP contribution in [-0.4, -0.2) is 38.4 Å². The van der Waals surface area contributed by atoms with Gasteiger partial charge in [-0.25, -0.2) is 23.1 Å². The van der Waals surface area contributed by atoms with Crippen molar-refractivity contribution in [2.75, 3.05) is 12.4 Å². The van der Waals surface area contributed by atoms with Crippen LogP contribution in [0.5, 0.6) is 5.88 Å². The SMILES string of the molecule is COc1nc2nc(C)nc(N[C@H](C)c3cccc(C(F)F)c3F)c2cc1C1(O)CCC(O)CC1. The minimum Gasteiger partial charge on any atom is -0.481 e. The van der Waals surface area contributed by atoms with Crippen molar-refractivity contribution in [1.82, 2.24) is 15.0 Å². The molecule has 1 aliphatic carbocycles. The van der Waals surface area contributed by atoms with Crippen LogP contribution in [0.4, 0.5) is 19.0 Å². The highest BCUT2D eigenvalue weighted by Gasteiger charge is 2.38. The Balaban J connectivity index is 1.78. The first-order valence-corrected chi connectivity index (χ1v) is 11.1. The Morgan fingerprint density at radius 2 is 1.82 bits per heavy atom. The van der Waals surface area contributed by atoms with Crippen LogP contribution < -0.4 is 10.1 Å². The van der Waals surface area contributed by atoms with Crippen molar-refractivity contribution >= 4 is 16.9 Å². The summed E-state index contributed by atoms with van der Waals surface area (Å²) < 4.78 is 46.5. The van der Waals surface area contributed by atoms with E-state index >= 15 is 0 Å². The van der Waals surface area contributed by atoms with E-state index < -0.39 is 35.6 Å². The molecule has 1 aromatic carbocycles. The Labute approximate surface area is 195 Å². The van der Waals surface area contributed by atoms with E-state index in [0.29, 0.717) is 53.9 Å². The number of aliphatic hydroxyl groups excluding tert-OH is 1. The predicted molar refractivity (Wildman–Crippen MR) is 120 cm³/mol. The lowest BCUT2D eigenvalue weighted by atomic mass is 9.78. The van der Waals surface area contributed by atoms with Crippen molar-refractivity contribution < 1.29 is 28.1 Å². The number of nitrogens with one attached hydrogen (secondary N) is 1. The van der Waals surface area contributed by atoms with Gasteiger partial charge in [0.05, 0.1) is 35.8 Å². The summed E-state index contributed by atoms with van der Waals surface area (Å²) in [4.78, 5) is 13.3. The van der Waals surface area contributed by atoms with Crippen LogP contribution in [0.1, 0.15) is 67.6 Å². The summed E-state index contributed by atoms with van der Waals surface area (Å²) in [6, 6.07) is 4.88. The fraction of sp³-hybridized carbons (Fsp3) is 0.458. The molecule has 2 heterocycles. The Hall–Kier alpha value is -2.98. The van der Waals surface area contributed by atoms with Crippen molar-refractivity contribution in [1.29, 1.82) is 0 Å². The Bertz CT molecular complexity index is 1200. The number of aliphatic hydroxyl groups is 2. The van der Waals surface area contributed by atoms with Crippen molar-refractivity contribution in [2.45, 2.75) is 63.7 Å². The number of fused-ring (bicyclic) bond motifs is 1. The van der Waals surface area contributed by atoms with E-state index in [1.807, 2.05) is 0 Å². The molecule has 2 aromatic heterocycles. The molecule has 0 aliphatic heterocycles. The average Bonchev–Trinajstić information content (AvgIpc) is 2.80. The van der Waals surface area contributed by atoms with Crippen LogP contribution in [0.15, 0.2) is 24.3 Å². The minimum atomic E-state index is -2.93. The van der Waals surface area contributed by atoms with Gasteiger partial charge in [-0.2, -0.15) is 4.98 Å². The van der Waals surface area contributed by atoms with Gasteiger partial charge < -0.3 is 20.3 Å². The lowest BCUT2D eigenvalue weighted by molar-refractivity contribution is -0.0377. The van der Waals surface area contributed by atoms with E-state index in [1.165, 1.54) is 19.2 Å². The molecule has 0 saturated heterocycles. The average molecular weight is 476 g/mol. The second kappa shape index (κ2) is 9.34. The first kappa shape index (κ1) is 24.2. The van der Waals surface area contributed by atoms with Gasteiger partial charge in [0.25, 0.3) is 6.43 Å². The quantitative estimate of drug-likeness (QED) is 0.474. The molecule has 0 amide bonds. The number of alkyl halides is 2. The molecule has 0 radical (unpaired) electrons. The largest absolute Gasteiger partial charge is 0.481 e. The van der Waals surface area contributed by atoms with Gasteiger partial charge in [0.15, 0.2) is 5.65 Å². The monoisotopic (exact) mass is 476 g/mol. The molecule has 34 heavy (non-hydrogen) atoms. The molecule has 1 fully saturated rings. The number of halogens is 3. The number of nitrogens with zero attached hydrogens (tertiary/aromatic N) is 3. The lowest BCUT2D eigenvalue weighted by Gasteiger charge is -2.35. The van der Waals surface area contributed by atoms with Crippen LogP contribution in [0.2, 0.25) is 0 Å². The summed E-state index contributed by atoms with van der Waals surface area (Å²) in [5.74, 6) is -0.0270. The number of methoxy groups -OCH3 is 1. The number of pyridine rings is 1. The van der Waals surface area contributed by atoms with Crippen molar-refractivity contribution in [3.63, 3.8) is 0 Å². The standard InChI is InChI=1S/C24H27F3N4O3/c1-12(15-5-4-6-16(19(15)25)20(26)27)28-21-17-11-18(24(33)9-7-14(32)8-10-24)23(34-3)31-22(17)30-13(2)29-21/h4-6,11-12,14,20,32-33H,7-10H2,1-3H3,(H,28,29,30,31)/t12-,14?,24?/m1/s1. The van der Waals surface area contributed by atoms with Crippen molar-refractivity contribution in [3.05, 3.63) is 52.6 Å². The molecule has 3 aromatic rings. The van der Waals surface area contributed by atoms with Gasteiger partial charge >= 0.3 is 0 Å². The fourth-order valence-corrected chi connectivity index (χ4v) is 4.45. The summed E-state index contributed by atoms with van der Waals surface area (Å²) in [5, 5.41) is 24.8. The normalized spacial score (nSPS) is 21.6. The van der Waals surface area contributed by atoms with E-state index in [0.717, 1.165) is 6.07 Å². The number of aryl methyl sites for hydroxylation is 1. The molecule has 1 aliphatic rings. The molecule has 182 valence electrons. The highest BCUT2D eigenvalue weighted by atomic mass is 19.3. The maximum absolute atomic E-state index is 14.7. The number of ether oxygens (including phenoxy) is 1. The van der Waals surface area contributed by atoms with Crippen molar-refractivity contribution in [2.24, 2.45) is 0 Å². The van der Waals surface area contributed by atoms with Gasteiger partial charge in [-0.15, -0.1) is 0 Å². The van der Waals surface area contributed by atoms with E-state index in [2.05, 4.69) is 20.3 Å². The zero-order valence-electron chi connectivity index (χ0n) is 19.1. The van der Waals surface area contributed by atoms with Crippen molar-refractivity contribution in [3.8, 4) is 5.88 Å². The third-order valence-electron chi connectivity index (χ3n) is 6.35. The third-order valence-corrected chi connectivity index (χ3v) is 6.35. The zero-order chi connectivity index (χ0) is 24.6. The second-order valence-corrected chi connectivity index (χ2v) is 8.72.